The van der Waals surface area contributed by atoms with Crippen molar-refractivity contribution in [3.05, 3.63) is 0 Å². The zero-order valence-electron chi connectivity index (χ0n) is 7.34. The van der Waals surface area contributed by atoms with Crippen molar-refractivity contribution >= 4 is 5.97 Å². The number of esters is 1. The molecule has 0 aromatic carbocycles. The minimum Gasteiger partial charge on any atom is -0.463 e. The van der Waals surface area contributed by atoms with Crippen LogP contribution in [0.15, 0.2) is 0 Å². The summed E-state index contributed by atoms with van der Waals surface area (Å²) in [4.78, 5) is 11.4. The van der Waals surface area contributed by atoms with Crippen LogP contribution in [-0.4, -0.2) is 24.3 Å². The molecule has 1 aliphatic heterocycles. The van der Waals surface area contributed by atoms with E-state index in [-0.39, 0.29) is 12.1 Å². The van der Waals surface area contributed by atoms with E-state index < -0.39 is 5.60 Å². The lowest BCUT2D eigenvalue weighted by molar-refractivity contribution is -0.150. The molecule has 0 aromatic heterocycles. The Kier molecular flexibility index (Phi) is 1.83. The van der Waals surface area contributed by atoms with Gasteiger partial charge in [-0.2, -0.15) is 0 Å². The Balaban J connectivity index is 1.88. The first-order valence-corrected chi connectivity index (χ1v) is 4.64. The van der Waals surface area contributed by atoms with Crippen molar-refractivity contribution < 1.29 is 14.3 Å². The lowest BCUT2D eigenvalue weighted by Crippen LogP contribution is -2.26. The van der Waals surface area contributed by atoms with Crippen LogP contribution >= 0.6 is 0 Å². The Bertz CT molecular complexity index is 202. The average Bonchev–Trinajstić information content (AvgIpc) is 2.66. The largest absolute Gasteiger partial charge is 0.463 e. The molecule has 1 saturated heterocycles. The van der Waals surface area contributed by atoms with Gasteiger partial charge in [0.1, 0.15) is 0 Å². The van der Waals surface area contributed by atoms with Gasteiger partial charge in [0.15, 0.2) is 5.60 Å². The van der Waals surface area contributed by atoms with Crippen LogP contribution in [0, 0.1) is 0 Å². The van der Waals surface area contributed by atoms with Gasteiger partial charge in [-0.05, 0) is 25.7 Å². The van der Waals surface area contributed by atoms with Crippen LogP contribution in [0.3, 0.4) is 0 Å². The van der Waals surface area contributed by atoms with Crippen molar-refractivity contribution in [2.45, 2.75) is 44.3 Å². The van der Waals surface area contributed by atoms with E-state index in [0.717, 1.165) is 25.7 Å². The smallest absolute Gasteiger partial charge is 0.341 e. The number of hydrogen-bond acceptors (Lipinski definition) is 3. The predicted molar refractivity (Wildman–Crippen MR) is 42.7 cm³/mol. The summed E-state index contributed by atoms with van der Waals surface area (Å²) in [6.07, 6.45) is 4.06. The molecule has 0 amide bonds. The van der Waals surface area contributed by atoms with E-state index in [1.165, 1.54) is 0 Å². The van der Waals surface area contributed by atoms with E-state index in [4.69, 9.17) is 9.47 Å². The highest BCUT2D eigenvalue weighted by atomic mass is 16.7. The third-order valence-corrected chi connectivity index (χ3v) is 2.61. The van der Waals surface area contributed by atoms with Crippen LogP contribution in [0.5, 0.6) is 0 Å². The molecule has 2 fully saturated rings. The summed E-state index contributed by atoms with van der Waals surface area (Å²) in [6, 6.07) is 0. The summed E-state index contributed by atoms with van der Waals surface area (Å²) >= 11 is 0. The molecular formula is C9H14O3. The van der Waals surface area contributed by atoms with E-state index in [1.54, 1.807) is 0 Å². The quantitative estimate of drug-likeness (QED) is 0.473. The summed E-state index contributed by atoms with van der Waals surface area (Å²) in [6.45, 7) is 2.52. The molecule has 68 valence electrons. The van der Waals surface area contributed by atoms with Crippen molar-refractivity contribution in [1.82, 2.24) is 0 Å². The van der Waals surface area contributed by atoms with Gasteiger partial charge in [0, 0.05) is 0 Å². The zero-order valence-corrected chi connectivity index (χ0v) is 7.34. The second kappa shape index (κ2) is 2.73. The highest BCUT2D eigenvalue weighted by Gasteiger charge is 2.66. The molecule has 0 spiro atoms. The maximum Gasteiger partial charge on any atom is 0.341 e. The van der Waals surface area contributed by atoms with Crippen molar-refractivity contribution in [2.24, 2.45) is 0 Å². The molecule has 2 aliphatic rings. The molecule has 2 unspecified atom stereocenters. The third kappa shape index (κ3) is 1.04. The van der Waals surface area contributed by atoms with E-state index >= 15 is 0 Å². The van der Waals surface area contributed by atoms with Gasteiger partial charge in [0.2, 0.25) is 0 Å². The van der Waals surface area contributed by atoms with Crippen LogP contribution in [0.25, 0.3) is 0 Å². The molecule has 0 bridgehead atoms. The number of carbonyl (C=O) groups is 1. The third-order valence-electron chi connectivity index (χ3n) is 2.61. The predicted octanol–water partition coefficient (Wildman–Crippen LogP) is 1.26. The molecule has 1 heterocycles. The van der Waals surface area contributed by atoms with Crippen molar-refractivity contribution in [2.75, 3.05) is 6.61 Å². The molecule has 0 N–H and O–H groups in total. The standard InChI is InChI=1S/C9H14O3/c1-2-6-11-8(10)9-5-3-4-7(9)12-9/h7H,2-6H2,1H3. The van der Waals surface area contributed by atoms with Gasteiger partial charge in [-0.3, -0.25) is 0 Å². The first kappa shape index (κ1) is 8.05. The fourth-order valence-corrected chi connectivity index (χ4v) is 1.88. The molecule has 2 atom stereocenters. The van der Waals surface area contributed by atoms with Crippen molar-refractivity contribution in [3.8, 4) is 0 Å². The monoisotopic (exact) mass is 170 g/mol. The van der Waals surface area contributed by atoms with Gasteiger partial charge in [0.25, 0.3) is 0 Å². The van der Waals surface area contributed by atoms with Gasteiger partial charge < -0.3 is 9.47 Å². The minimum absolute atomic E-state index is 0.133. The number of carbonyl (C=O) groups excluding carboxylic acids is 1. The minimum atomic E-state index is -0.491. The molecule has 0 radical (unpaired) electrons. The van der Waals surface area contributed by atoms with Crippen LogP contribution in [0.4, 0.5) is 0 Å². The second-order valence-corrected chi connectivity index (χ2v) is 3.52. The number of fused-ring (bicyclic) bond motifs is 1. The Morgan fingerprint density at radius 2 is 2.58 bits per heavy atom. The van der Waals surface area contributed by atoms with Crippen LogP contribution in [0.1, 0.15) is 32.6 Å². The van der Waals surface area contributed by atoms with Gasteiger partial charge >= 0.3 is 5.97 Å². The SMILES string of the molecule is CCCOC(=O)C12CCCC1O2. The maximum atomic E-state index is 11.4. The van der Waals surface area contributed by atoms with E-state index in [0.29, 0.717) is 6.61 Å². The number of rotatable bonds is 3. The number of ether oxygens (including phenoxy) is 2. The number of epoxide rings is 1. The van der Waals surface area contributed by atoms with Gasteiger partial charge in [-0.25, -0.2) is 4.79 Å². The van der Waals surface area contributed by atoms with Crippen LogP contribution < -0.4 is 0 Å². The zero-order chi connectivity index (χ0) is 8.60. The molecule has 3 heteroatoms. The first-order chi connectivity index (χ1) is 5.79. The normalized spacial score (nSPS) is 37.6. The molecule has 2 rings (SSSR count). The molecular weight excluding hydrogens is 156 g/mol. The Morgan fingerprint density at radius 1 is 1.75 bits per heavy atom. The summed E-state index contributed by atoms with van der Waals surface area (Å²) in [5.74, 6) is -0.133. The average molecular weight is 170 g/mol. The Labute approximate surface area is 72.0 Å². The molecule has 3 nitrogen and oxygen atoms in total. The van der Waals surface area contributed by atoms with Crippen molar-refractivity contribution in [3.63, 3.8) is 0 Å². The highest BCUT2D eigenvalue weighted by Crippen LogP contribution is 2.50. The van der Waals surface area contributed by atoms with Crippen LogP contribution in [-0.2, 0) is 14.3 Å². The lowest BCUT2D eigenvalue weighted by atomic mass is 10.1. The molecule has 1 saturated carbocycles. The molecule has 1 aliphatic carbocycles. The second-order valence-electron chi connectivity index (χ2n) is 3.52. The summed E-state index contributed by atoms with van der Waals surface area (Å²) in [5.41, 5.74) is -0.491. The number of hydrogen-bond donors (Lipinski definition) is 0. The summed E-state index contributed by atoms with van der Waals surface area (Å²) in [7, 11) is 0. The van der Waals surface area contributed by atoms with Gasteiger partial charge in [-0.15, -0.1) is 0 Å². The molecule has 0 aromatic rings. The first-order valence-electron chi connectivity index (χ1n) is 4.64. The summed E-state index contributed by atoms with van der Waals surface area (Å²) in [5, 5.41) is 0. The van der Waals surface area contributed by atoms with Crippen LogP contribution in [0.2, 0.25) is 0 Å². The van der Waals surface area contributed by atoms with E-state index in [9.17, 15) is 4.79 Å². The van der Waals surface area contributed by atoms with E-state index in [2.05, 4.69) is 0 Å². The Hall–Kier alpha value is -0.570. The van der Waals surface area contributed by atoms with Crippen molar-refractivity contribution in [1.29, 1.82) is 0 Å². The lowest BCUT2D eigenvalue weighted by Gasteiger charge is -2.07. The van der Waals surface area contributed by atoms with E-state index in [1.807, 2.05) is 6.92 Å². The summed E-state index contributed by atoms with van der Waals surface area (Å²) < 4.78 is 10.4. The van der Waals surface area contributed by atoms with Gasteiger partial charge in [-0.1, -0.05) is 6.92 Å². The Morgan fingerprint density at radius 3 is 3.08 bits per heavy atom. The topological polar surface area (TPSA) is 38.8 Å². The fraction of sp³-hybridized carbons (Fsp3) is 0.889. The highest BCUT2D eigenvalue weighted by molar-refractivity contribution is 5.84. The van der Waals surface area contributed by atoms with Gasteiger partial charge in [0.05, 0.1) is 12.7 Å². The fourth-order valence-electron chi connectivity index (χ4n) is 1.88. The molecule has 12 heavy (non-hydrogen) atoms. The maximum absolute atomic E-state index is 11.4.